The first-order chi connectivity index (χ1) is 9.95. The maximum atomic E-state index is 12.7. The summed E-state index contributed by atoms with van der Waals surface area (Å²) < 4.78 is 38.2. The summed E-state index contributed by atoms with van der Waals surface area (Å²) in [5, 5.41) is 3.14. The van der Waals surface area contributed by atoms with Gasteiger partial charge in [0.15, 0.2) is 5.82 Å². The molecule has 1 saturated heterocycles. The second kappa shape index (κ2) is 5.03. The van der Waals surface area contributed by atoms with Crippen molar-refractivity contribution in [2.45, 2.75) is 6.18 Å². The highest BCUT2D eigenvalue weighted by molar-refractivity contribution is 5.76. The van der Waals surface area contributed by atoms with E-state index in [4.69, 9.17) is 0 Å². The summed E-state index contributed by atoms with van der Waals surface area (Å²) in [5.74, 6) is 0.170. The Morgan fingerprint density at radius 1 is 1.19 bits per heavy atom. The molecule has 3 rings (SSSR count). The van der Waals surface area contributed by atoms with Crippen LogP contribution in [-0.4, -0.2) is 36.1 Å². The molecule has 1 aliphatic rings. The first-order valence-corrected chi connectivity index (χ1v) is 6.52. The standard InChI is InChI=1S/C13H13F3N4O/c14-13(15,16)8-1-2-9-10(7-8)18-11(12(21)19-9)20-5-3-17-4-6-20/h1-2,7,17H,3-6H2,(H,19,21). The van der Waals surface area contributed by atoms with Crippen LogP contribution in [0.3, 0.4) is 0 Å². The Bertz CT molecular complexity index is 719. The quantitative estimate of drug-likeness (QED) is 0.834. The molecule has 0 unspecified atom stereocenters. The Morgan fingerprint density at radius 2 is 1.90 bits per heavy atom. The van der Waals surface area contributed by atoms with Crippen molar-refractivity contribution < 1.29 is 13.2 Å². The largest absolute Gasteiger partial charge is 0.416 e. The lowest BCUT2D eigenvalue weighted by Crippen LogP contribution is -2.45. The number of anilines is 1. The van der Waals surface area contributed by atoms with Crippen molar-refractivity contribution in [1.29, 1.82) is 0 Å². The summed E-state index contributed by atoms with van der Waals surface area (Å²) in [7, 11) is 0. The van der Waals surface area contributed by atoms with Crippen molar-refractivity contribution in [2.75, 3.05) is 31.1 Å². The molecule has 0 spiro atoms. The van der Waals surface area contributed by atoms with E-state index in [9.17, 15) is 18.0 Å². The number of aromatic nitrogens is 2. The van der Waals surface area contributed by atoms with Gasteiger partial charge in [0.05, 0.1) is 16.6 Å². The zero-order valence-electron chi connectivity index (χ0n) is 11.0. The van der Waals surface area contributed by atoms with Crippen LogP contribution in [0.4, 0.5) is 19.0 Å². The minimum Gasteiger partial charge on any atom is -0.349 e. The summed E-state index contributed by atoms with van der Waals surface area (Å²) in [4.78, 5) is 20.5. The lowest BCUT2D eigenvalue weighted by molar-refractivity contribution is -0.137. The molecule has 2 aromatic rings. The van der Waals surface area contributed by atoms with E-state index in [1.54, 1.807) is 4.90 Å². The molecular weight excluding hydrogens is 285 g/mol. The van der Waals surface area contributed by atoms with Gasteiger partial charge in [-0.1, -0.05) is 0 Å². The van der Waals surface area contributed by atoms with Crippen LogP contribution < -0.4 is 15.8 Å². The maximum absolute atomic E-state index is 12.7. The molecule has 0 bridgehead atoms. The van der Waals surface area contributed by atoms with Crippen molar-refractivity contribution in [1.82, 2.24) is 15.3 Å². The van der Waals surface area contributed by atoms with Gasteiger partial charge in [-0.2, -0.15) is 13.2 Å². The van der Waals surface area contributed by atoms with Gasteiger partial charge in [-0.15, -0.1) is 0 Å². The number of rotatable bonds is 1. The van der Waals surface area contributed by atoms with Crippen molar-refractivity contribution in [3.05, 3.63) is 34.1 Å². The van der Waals surface area contributed by atoms with Gasteiger partial charge in [0.25, 0.3) is 5.56 Å². The van der Waals surface area contributed by atoms with Crippen LogP contribution in [0.1, 0.15) is 5.56 Å². The smallest absolute Gasteiger partial charge is 0.349 e. The molecule has 1 fully saturated rings. The van der Waals surface area contributed by atoms with Crippen molar-refractivity contribution >= 4 is 16.9 Å². The molecule has 0 saturated carbocycles. The molecule has 5 nitrogen and oxygen atoms in total. The number of piperazine rings is 1. The molecule has 1 aromatic carbocycles. The molecule has 8 heteroatoms. The minimum atomic E-state index is -4.43. The van der Waals surface area contributed by atoms with E-state index in [0.29, 0.717) is 31.7 Å². The van der Waals surface area contributed by atoms with Gasteiger partial charge >= 0.3 is 6.18 Å². The normalized spacial score (nSPS) is 16.4. The Labute approximate surface area is 117 Å². The fourth-order valence-corrected chi connectivity index (χ4v) is 2.34. The predicted molar refractivity (Wildman–Crippen MR) is 72.4 cm³/mol. The number of hydrogen-bond donors (Lipinski definition) is 2. The highest BCUT2D eigenvalue weighted by atomic mass is 19.4. The number of H-pyrrole nitrogens is 1. The van der Waals surface area contributed by atoms with E-state index >= 15 is 0 Å². The van der Waals surface area contributed by atoms with E-state index < -0.39 is 11.7 Å². The van der Waals surface area contributed by atoms with Gasteiger partial charge in [-0.25, -0.2) is 4.98 Å². The summed E-state index contributed by atoms with van der Waals surface area (Å²) >= 11 is 0. The molecule has 2 N–H and O–H groups in total. The number of benzene rings is 1. The van der Waals surface area contributed by atoms with Crippen LogP contribution >= 0.6 is 0 Å². The third-order valence-electron chi connectivity index (χ3n) is 3.42. The summed E-state index contributed by atoms with van der Waals surface area (Å²) in [6.45, 7) is 2.62. The number of fused-ring (bicyclic) bond motifs is 1. The number of nitrogens with one attached hydrogen (secondary N) is 2. The van der Waals surface area contributed by atoms with E-state index in [-0.39, 0.29) is 16.9 Å². The van der Waals surface area contributed by atoms with E-state index in [1.165, 1.54) is 6.07 Å². The second-order valence-electron chi connectivity index (χ2n) is 4.86. The van der Waals surface area contributed by atoms with Gasteiger partial charge in [-0.3, -0.25) is 4.79 Å². The number of halogens is 3. The molecule has 21 heavy (non-hydrogen) atoms. The number of nitrogens with zero attached hydrogens (tertiary/aromatic N) is 2. The highest BCUT2D eigenvalue weighted by Crippen LogP contribution is 2.30. The molecule has 0 radical (unpaired) electrons. The Kier molecular flexibility index (Phi) is 3.32. The maximum Gasteiger partial charge on any atom is 0.416 e. The van der Waals surface area contributed by atoms with Gasteiger partial charge in [0, 0.05) is 26.2 Å². The molecule has 0 aliphatic carbocycles. The number of aromatic amines is 1. The first kappa shape index (κ1) is 13.9. The topological polar surface area (TPSA) is 61.0 Å². The van der Waals surface area contributed by atoms with Crippen molar-refractivity contribution in [3.63, 3.8) is 0 Å². The average Bonchev–Trinajstić information content (AvgIpc) is 2.46. The molecule has 0 atom stereocenters. The molecule has 1 aromatic heterocycles. The van der Waals surface area contributed by atoms with Crippen LogP contribution in [0.2, 0.25) is 0 Å². The summed E-state index contributed by atoms with van der Waals surface area (Å²) in [6.07, 6.45) is -4.43. The van der Waals surface area contributed by atoms with Crippen molar-refractivity contribution in [3.8, 4) is 0 Å². The second-order valence-corrected chi connectivity index (χ2v) is 4.86. The third-order valence-corrected chi connectivity index (χ3v) is 3.42. The zero-order chi connectivity index (χ0) is 15.0. The molecule has 0 amide bonds. The average molecular weight is 298 g/mol. The van der Waals surface area contributed by atoms with Gasteiger partial charge in [0.2, 0.25) is 0 Å². The Morgan fingerprint density at radius 3 is 2.57 bits per heavy atom. The number of alkyl halides is 3. The lowest BCUT2D eigenvalue weighted by atomic mass is 10.2. The SMILES string of the molecule is O=c1[nH]c2ccc(C(F)(F)F)cc2nc1N1CCNCC1. The molecule has 2 heterocycles. The van der Waals surface area contributed by atoms with Crippen LogP contribution in [0.5, 0.6) is 0 Å². The van der Waals surface area contributed by atoms with Crippen LogP contribution in [0, 0.1) is 0 Å². The monoisotopic (exact) mass is 298 g/mol. The van der Waals surface area contributed by atoms with Gasteiger partial charge in [0.1, 0.15) is 0 Å². The first-order valence-electron chi connectivity index (χ1n) is 6.52. The van der Waals surface area contributed by atoms with E-state index in [1.807, 2.05) is 0 Å². The van der Waals surface area contributed by atoms with Crippen molar-refractivity contribution in [2.24, 2.45) is 0 Å². The fraction of sp³-hybridized carbons (Fsp3) is 0.385. The Hall–Kier alpha value is -2.09. The molecule has 1 aliphatic heterocycles. The summed E-state index contributed by atoms with van der Waals surface area (Å²) in [5.41, 5.74) is -0.727. The van der Waals surface area contributed by atoms with Gasteiger partial charge in [-0.05, 0) is 18.2 Å². The lowest BCUT2D eigenvalue weighted by Gasteiger charge is -2.27. The van der Waals surface area contributed by atoms with E-state index in [0.717, 1.165) is 12.1 Å². The minimum absolute atomic E-state index is 0.137. The van der Waals surface area contributed by atoms with Crippen LogP contribution in [-0.2, 0) is 6.18 Å². The Balaban J connectivity index is 2.09. The van der Waals surface area contributed by atoms with Crippen LogP contribution in [0.25, 0.3) is 11.0 Å². The molecule has 112 valence electrons. The number of hydrogen-bond acceptors (Lipinski definition) is 4. The molecular formula is C13H13F3N4O. The highest BCUT2D eigenvalue weighted by Gasteiger charge is 2.30. The van der Waals surface area contributed by atoms with Crippen LogP contribution in [0.15, 0.2) is 23.0 Å². The summed E-state index contributed by atoms with van der Waals surface area (Å²) in [6, 6.07) is 3.12. The zero-order valence-corrected chi connectivity index (χ0v) is 11.0. The van der Waals surface area contributed by atoms with Gasteiger partial charge < -0.3 is 15.2 Å². The predicted octanol–water partition coefficient (Wildman–Crippen LogP) is 1.35. The fourth-order valence-electron chi connectivity index (χ4n) is 2.34. The third kappa shape index (κ3) is 2.71. The van der Waals surface area contributed by atoms with E-state index in [2.05, 4.69) is 15.3 Å².